The number of aromatic nitrogens is 2. The van der Waals surface area contributed by atoms with Gasteiger partial charge < -0.3 is 19.7 Å². The normalized spacial score (nSPS) is 12.4. The van der Waals surface area contributed by atoms with Gasteiger partial charge in [0, 0.05) is 30.1 Å². The fourth-order valence-corrected chi connectivity index (χ4v) is 3.49. The molecule has 1 aliphatic heterocycles. The Kier molecular flexibility index (Phi) is 5.03. The van der Waals surface area contributed by atoms with Gasteiger partial charge in [-0.15, -0.1) is 0 Å². The van der Waals surface area contributed by atoms with Crippen molar-refractivity contribution in [2.75, 3.05) is 31.0 Å². The van der Waals surface area contributed by atoms with Crippen molar-refractivity contribution in [2.24, 2.45) is 0 Å². The molecule has 0 saturated carbocycles. The Hall–Kier alpha value is -3.61. The van der Waals surface area contributed by atoms with E-state index < -0.39 is 0 Å². The summed E-state index contributed by atoms with van der Waals surface area (Å²) in [6.07, 6.45) is 0.850. The van der Waals surface area contributed by atoms with E-state index in [0.29, 0.717) is 35.4 Å². The Labute approximate surface area is 169 Å². The minimum atomic E-state index is -0.129. The van der Waals surface area contributed by atoms with Crippen LogP contribution in [0.25, 0.3) is 0 Å². The predicted molar refractivity (Wildman–Crippen MR) is 111 cm³/mol. The molecule has 0 atom stereocenters. The fourth-order valence-electron chi connectivity index (χ4n) is 3.49. The van der Waals surface area contributed by atoms with Crippen LogP contribution in [0.4, 0.5) is 17.2 Å². The van der Waals surface area contributed by atoms with Crippen LogP contribution in [0.3, 0.4) is 0 Å². The minimum absolute atomic E-state index is 0.129. The van der Waals surface area contributed by atoms with Crippen molar-refractivity contribution in [1.29, 1.82) is 0 Å². The zero-order valence-corrected chi connectivity index (χ0v) is 16.6. The SMILES string of the molecule is COc1ccc(Nc2cc(C(=O)N3CCc4ccccc43)nc(C)n2)cc1OC. The van der Waals surface area contributed by atoms with Crippen LogP contribution in [0.2, 0.25) is 0 Å². The molecule has 3 aromatic rings. The summed E-state index contributed by atoms with van der Waals surface area (Å²) in [4.78, 5) is 23.7. The largest absolute Gasteiger partial charge is 0.493 e. The maximum atomic E-state index is 13.1. The van der Waals surface area contributed by atoms with Crippen molar-refractivity contribution in [3.05, 3.63) is 65.6 Å². The van der Waals surface area contributed by atoms with Gasteiger partial charge >= 0.3 is 0 Å². The van der Waals surface area contributed by atoms with Crippen LogP contribution < -0.4 is 19.7 Å². The molecule has 148 valence electrons. The van der Waals surface area contributed by atoms with Crippen molar-refractivity contribution >= 4 is 23.1 Å². The summed E-state index contributed by atoms with van der Waals surface area (Å²) in [5.74, 6) is 2.18. The zero-order chi connectivity index (χ0) is 20.4. The van der Waals surface area contributed by atoms with Gasteiger partial charge in [-0.2, -0.15) is 0 Å². The standard InChI is InChI=1S/C22H22N4O3/c1-14-23-17(22(27)26-11-10-15-6-4-5-7-18(15)26)13-21(24-14)25-16-8-9-19(28-2)20(12-16)29-3/h4-9,12-13H,10-11H2,1-3H3,(H,23,24,25). The number of amides is 1. The molecule has 0 bridgehead atoms. The summed E-state index contributed by atoms with van der Waals surface area (Å²) in [6.45, 7) is 2.42. The lowest BCUT2D eigenvalue weighted by Gasteiger charge is -2.17. The van der Waals surface area contributed by atoms with E-state index in [-0.39, 0.29) is 5.91 Å². The van der Waals surface area contributed by atoms with E-state index in [2.05, 4.69) is 21.4 Å². The number of nitrogens with zero attached hydrogens (tertiary/aromatic N) is 3. The van der Waals surface area contributed by atoms with Gasteiger partial charge in [0.15, 0.2) is 11.5 Å². The Balaban J connectivity index is 1.61. The van der Waals surface area contributed by atoms with Crippen molar-refractivity contribution in [1.82, 2.24) is 9.97 Å². The highest BCUT2D eigenvalue weighted by Gasteiger charge is 2.26. The number of aryl methyl sites for hydroxylation is 1. The molecule has 29 heavy (non-hydrogen) atoms. The average molecular weight is 390 g/mol. The van der Waals surface area contributed by atoms with Gasteiger partial charge in [0.1, 0.15) is 17.3 Å². The molecular weight excluding hydrogens is 368 g/mol. The van der Waals surface area contributed by atoms with Gasteiger partial charge in [-0.3, -0.25) is 4.79 Å². The van der Waals surface area contributed by atoms with E-state index in [4.69, 9.17) is 9.47 Å². The first-order chi connectivity index (χ1) is 14.1. The van der Waals surface area contributed by atoms with Crippen LogP contribution in [-0.2, 0) is 6.42 Å². The molecule has 4 rings (SSSR count). The van der Waals surface area contributed by atoms with Gasteiger partial charge in [0.05, 0.1) is 14.2 Å². The smallest absolute Gasteiger partial charge is 0.277 e. The second kappa shape index (κ2) is 7.79. The number of ether oxygens (including phenoxy) is 2. The lowest BCUT2D eigenvalue weighted by atomic mass is 10.2. The molecule has 2 heterocycles. The summed E-state index contributed by atoms with van der Waals surface area (Å²) in [5.41, 5.74) is 3.25. The van der Waals surface area contributed by atoms with E-state index in [1.807, 2.05) is 36.4 Å². The Morgan fingerprint density at radius 3 is 2.62 bits per heavy atom. The van der Waals surface area contributed by atoms with Gasteiger partial charge in [0.2, 0.25) is 0 Å². The van der Waals surface area contributed by atoms with Crippen LogP contribution in [-0.4, -0.2) is 36.6 Å². The maximum Gasteiger partial charge on any atom is 0.277 e. The zero-order valence-electron chi connectivity index (χ0n) is 16.6. The minimum Gasteiger partial charge on any atom is -0.493 e. The molecule has 0 saturated heterocycles. The van der Waals surface area contributed by atoms with Gasteiger partial charge in [0.25, 0.3) is 5.91 Å². The molecule has 7 heteroatoms. The molecule has 0 radical (unpaired) electrons. The summed E-state index contributed by atoms with van der Waals surface area (Å²) >= 11 is 0. The number of rotatable bonds is 5. The quantitative estimate of drug-likeness (QED) is 0.715. The maximum absolute atomic E-state index is 13.1. The Bertz CT molecular complexity index is 1070. The summed E-state index contributed by atoms with van der Waals surface area (Å²) in [6, 6.07) is 15.1. The first kappa shape index (κ1) is 18.7. The molecule has 1 aromatic heterocycles. The molecule has 7 nitrogen and oxygen atoms in total. The van der Waals surface area contributed by atoms with Gasteiger partial charge in [-0.1, -0.05) is 18.2 Å². The lowest BCUT2D eigenvalue weighted by Crippen LogP contribution is -2.30. The number of nitrogens with one attached hydrogen (secondary N) is 1. The average Bonchev–Trinajstić information content (AvgIpc) is 3.16. The van der Waals surface area contributed by atoms with E-state index in [0.717, 1.165) is 17.8 Å². The van der Waals surface area contributed by atoms with Crippen LogP contribution in [0.15, 0.2) is 48.5 Å². The number of anilines is 3. The second-order valence-electron chi connectivity index (χ2n) is 6.72. The van der Waals surface area contributed by atoms with Crippen molar-refractivity contribution in [3.63, 3.8) is 0 Å². The molecule has 1 aliphatic rings. The first-order valence-electron chi connectivity index (χ1n) is 9.33. The summed E-state index contributed by atoms with van der Waals surface area (Å²) < 4.78 is 10.6. The highest BCUT2D eigenvalue weighted by atomic mass is 16.5. The highest BCUT2D eigenvalue weighted by molar-refractivity contribution is 6.06. The molecule has 0 aliphatic carbocycles. The third-order valence-electron chi connectivity index (χ3n) is 4.85. The molecule has 0 fully saturated rings. The topological polar surface area (TPSA) is 76.6 Å². The fraction of sp³-hybridized carbons (Fsp3) is 0.227. The molecule has 1 amide bonds. The molecular formula is C22H22N4O3. The van der Waals surface area contributed by atoms with Crippen LogP contribution in [0.5, 0.6) is 11.5 Å². The van der Waals surface area contributed by atoms with E-state index >= 15 is 0 Å². The van der Waals surface area contributed by atoms with Crippen LogP contribution >= 0.6 is 0 Å². The summed E-state index contributed by atoms with van der Waals surface area (Å²) in [5, 5.41) is 3.22. The number of para-hydroxylation sites is 1. The van der Waals surface area contributed by atoms with Gasteiger partial charge in [-0.25, -0.2) is 9.97 Å². The Morgan fingerprint density at radius 2 is 1.83 bits per heavy atom. The monoisotopic (exact) mass is 390 g/mol. The number of benzene rings is 2. The lowest BCUT2D eigenvalue weighted by molar-refractivity contribution is 0.0984. The van der Waals surface area contributed by atoms with Crippen molar-refractivity contribution in [2.45, 2.75) is 13.3 Å². The molecule has 0 unspecified atom stereocenters. The van der Waals surface area contributed by atoms with E-state index in [1.165, 1.54) is 5.56 Å². The van der Waals surface area contributed by atoms with E-state index in [1.54, 1.807) is 32.1 Å². The number of carbonyl (C=O) groups is 1. The number of fused-ring (bicyclic) bond motifs is 1. The first-order valence-corrected chi connectivity index (χ1v) is 9.33. The van der Waals surface area contributed by atoms with Crippen molar-refractivity contribution in [3.8, 4) is 11.5 Å². The number of carbonyl (C=O) groups excluding carboxylic acids is 1. The van der Waals surface area contributed by atoms with Gasteiger partial charge in [-0.05, 0) is 37.1 Å². The van der Waals surface area contributed by atoms with E-state index in [9.17, 15) is 4.79 Å². The van der Waals surface area contributed by atoms with Crippen LogP contribution in [0.1, 0.15) is 21.9 Å². The predicted octanol–water partition coefficient (Wildman–Crippen LogP) is 3.75. The third kappa shape index (κ3) is 3.71. The summed E-state index contributed by atoms with van der Waals surface area (Å²) in [7, 11) is 3.17. The van der Waals surface area contributed by atoms with Crippen LogP contribution in [0, 0.1) is 6.92 Å². The third-order valence-corrected chi connectivity index (χ3v) is 4.85. The molecule has 1 N–H and O–H groups in total. The van der Waals surface area contributed by atoms with Crippen molar-refractivity contribution < 1.29 is 14.3 Å². The number of methoxy groups -OCH3 is 2. The number of hydrogen-bond acceptors (Lipinski definition) is 6. The second-order valence-corrected chi connectivity index (χ2v) is 6.72. The number of hydrogen-bond donors (Lipinski definition) is 1. The highest BCUT2D eigenvalue weighted by Crippen LogP contribution is 2.31. The Morgan fingerprint density at radius 1 is 1.03 bits per heavy atom. The molecule has 0 spiro atoms. The molecule has 2 aromatic carbocycles.